The van der Waals surface area contributed by atoms with E-state index in [0.717, 1.165) is 108 Å². The Morgan fingerprint density at radius 3 is 1.37 bits per heavy atom. The Morgan fingerprint density at radius 1 is 0.505 bits per heavy atom. The molecule has 1 heterocycles. The number of aryl methyl sites for hydroxylation is 1. The predicted molar refractivity (Wildman–Crippen MR) is 364 cm³/mol. The molecule has 0 aliphatic carbocycles. The number of unbranched alkanes of at least 4 members (excludes halogenated alkanes) is 12. The third kappa shape index (κ3) is 38.0. The van der Waals surface area contributed by atoms with Crippen molar-refractivity contribution in [3.05, 3.63) is 40.7 Å². The minimum Gasteiger partial charge on any atom is -0.492 e. The highest BCUT2D eigenvalue weighted by Crippen LogP contribution is 2.19. The lowest BCUT2D eigenvalue weighted by Gasteiger charge is -2.23. The second kappa shape index (κ2) is 49.7. The Labute approximate surface area is 546 Å². The molecule has 0 unspecified atom stereocenters. The molecule has 2 rings (SSSR count). The average Bonchev–Trinajstić information content (AvgIpc) is 2.31. The van der Waals surface area contributed by atoms with Crippen LogP contribution in [-0.4, -0.2) is 150 Å². The van der Waals surface area contributed by atoms with Crippen molar-refractivity contribution in [1.82, 2.24) is 36.1 Å². The molecule has 25 nitrogen and oxygen atoms in total. The molecular formula is C65H116ClN17O8. The number of nitrogens with one attached hydrogen (secondary N) is 4. The van der Waals surface area contributed by atoms with Gasteiger partial charge in [0.25, 0.3) is 5.91 Å². The van der Waals surface area contributed by atoms with Gasteiger partial charge in [-0.2, -0.15) is 0 Å². The van der Waals surface area contributed by atoms with Gasteiger partial charge in [-0.1, -0.05) is 115 Å². The Morgan fingerprint density at radius 2 is 0.923 bits per heavy atom. The lowest BCUT2D eigenvalue weighted by Crippen LogP contribution is -2.42. The molecule has 0 aliphatic rings. The van der Waals surface area contributed by atoms with Crippen molar-refractivity contribution in [2.24, 2.45) is 45.1 Å². The van der Waals surface area contributed by atoms with E-state index < -0.39 is 36.1 Å². The van der Waals surface area contributed by atoms with Crippen LogP contribution in [0.4, 0.5) is 11.6 Å². The summed E-state index contributed by atoms with van der Waals surface area (Å²) in [6.45, 7) is 8.26. The van der Waals surface area contributed by atoms with Crippen LogP contribution in [0.5, 0.6) is 5.75 Å². The lowest BCUT2D eigenvalue weighted by atomic mass is 9.98. The molecule has 91 heavy (non-hydrogen) atoms. The topological polar surface area (TPSA) is 452 Å². The number of nitrogens with two attached hydrogens (primary N) is 9. The lowest BCUT2D eigenvalue weighted by molar-refractivity contribution is -0.123. The standard InChI is InChI=1S/C65H116ClN17O8/c1-3-5-10-25-48(67)54(84)31-15-7-12-26-49(68)55(85)32-16-8-13-29-52(71)62(88)77-40-22-42-83(44-45-91-47-36-34-46(35-37-47)24-18-20-39-79-65(75)82-64(90)57-59(73)81-60(74)58(66)80-57)43-23-41-78-63(89)53(72)30-14-9-17-33-56(86)50(69)27-19-21-38-76-61(87)51(70)28-11-6-4-2/h34-37,48-53H,3-33,38-45,67-72H2,1-2H3,(H,76,87)(H,77,88)(H,78,89)(H4,73,74,81)(H3,75,79,82,90)/t48-,49-,50-,51-,52-,53-/m0/s1. The maximum Gasteiger partial charge on any atom is 0.280 e. The van der Waals surface area contributed by atoms with Crippen molar-refractivity contribution in [2.45, 2.75) is 249 Å². The van der Waals surface area contributed by atoms with Gasteiger partial charge in [0.15, 0.2) is 28.4 Å². The van der Waals surface area contributed by atoms with Crippen molar-refractivity contribution in [3.63, 3.8) is 0 Å². The second-order valence-electron chi connectivity index (χ2n) is 24.0. The molecule has 516 valence electrons. The van der Waals surface area contributed by atoms with Crippen molar-refractivity contribution in [3.8, 4) is 5.75 Å². The molecule has 0 saturated heterocycles. The Hall–Kier alpha value is -5.93. The number of nitrogens with zero attached hydrogens (tertiary/aromatic N) is 4. The number of ketones is 3. The molecule has 0 aliphatic heterocycles. The van der Waals surface area contributed by atoms with Crippen LogP contribution in [0, 0.1) is 0 Å². The van der Waals surface area contributed by atoms with Gasteiger partial charge in [0.05, 0.1) is 36.3 Å². The van der Waals surface area contributed by atoms with Gasteiger partial charge < -0.3 is 72.3 Å². The molecule has 0 bridgehead atoms. The number of ether oxygens (including phenoxy) is 1. The van der Waals surface area contributed by atoms with E-state index in [9.17, 15) is 33.6 Å². The van der Waals surface area contributed by atoms with Crippen LogP contribution in [0.1, 0.15) is 223 Å². The van der Waals surface area contributed by atoms with Gasteiger partial charge in [0.1, 0.15) is 29.7 Å². The minimum absolute atomic E-state index is 0.0121. The van der Waals surface area contributed by atoms with Gasteiger partial charge >= 0.3 is 0 Å². The van der Waals surface area contributed by atoms with Crippen LogP contribution >= 0.6 is 11.6 Å². The third-order valence-electron chi connectivity index (χ3n) is 16.1. The number of guanidine groups is 1. The maximum absolute atomic E-state index is 13.0. The molecular weight excluding hydrogens is 1180 g/mol. The maximum atomic E-state index is 13.0. The number of carbonyl (C=O) groups excluding carboxylic acids is 7. The number of halogens is 1. The molecule has 1 aromatic carbocycles. The highest BCUT2D eigenvalue weighted by molar-refractivity contribution is 6.31. The van der Waals surface area contributed by atoms with Gasteiger partial charge in [-0.15, -0.1) is 0 Å². The molecule has 1 aromatic heterocycles. The average molecular weight is 1300 g/mol. The van der Waals surface area contributed by atoms with Gasteiger partial charge in [-0.05, 0) is 134 Å². The molecule has 4 amide bonds. The summed E-state index contributed by atoms with van der Waals surface area (Å²) < 4.78 is 6.16. The number of rotatable bonds is 55. The molecule has 2 aromatic rings. The van der Waals surface area contributed by atoms with E-state index in [-0.39, 0.29) is 69.6 Å². The first-order valence-corrected chi connectivity index (χ1v) is 34.1. The Bertz CT molecular complexity index is 2350. The SMILES string of the molecule is CCCCC[C@H](N)C(=O)CCCCC[C@H](N)C(=O)CCCCC[C@H](N)C(=O)NCCCN(CCCNC(=O)[C@@H](N)CCCCCC(=O)[C@@H](N)CCCCNC(=O)[C@@H](N)CCCCC)CCOc1ccc(CCCCN=C(N)NC(=O)c2nc(Cl)c(N)nc2N)cc1. The second-order valence-corrected chi connectivity index (χ2v) is 24.4. The monoisotopic (exact) mass is 1300 g/mol. The number of hydrogen-bond acceptors (Lipinski definition) is 20. The quantitative estimate of drug-likeness (QED) is 0.0235. The van der Waals surface area contributed by atoms with Crippen LogP contribution in [-0.2, 0) is 35.2 Å². The Balaban J connectivity index is 1.78. The molecule has 0 saturated carbocycles. The summed E-state index contributed by atoms with van der Waals surface area (Å²) in [5.74, 6) is -0.786. The zero-order valence-electron chi connectivity index (χ0n) is 55.0. The summed E-state index contributed by atoms with van der Waals surface area (Å²) in [6, 6.07) is 4.60. The van der Waals surface area contributed by atoms with Crippen molar-refractivity contribution < 1.29 is 38.3 Å². The number of aromatic nitrogens is 2. The zero-order chi connectivity index (χ0) is 67.2. The fraction of sp³-hybridized carbons (Fsp3) is 0.723. The molecule has 0 radical (unpaired) electrons. The normalized spacial score (nSPS) is 13.6. The fourth-order valence-corrected chi connectivity index (χ4v) is 10.3. The first kappa shape index (κ1) is 81.2. The fourth-order valence-electron chi connectivity index (χ4n) is 10.1. The van der Waals surface area contributed by atoms with E-state index in [0.29, 0.717) is 154 Å². The highest BCUT2D eigenvalue weighted by atomic mass is 35.5. The molecule has 0 fully saturated rings. The number of hydrogen-bond donors (Lipinski definition) is 13. The van der Waals surface area contributed by atoms with Gasteiger partial charge in [0.2, 0.25) is 17.7 Å². The third-order valence-corrected chi connectivity index (χ3v) is 16.3. The Kier molecular flexibility index (Phi) is 44.3. The van der Waals surface area contributed by atoms with Gasteiger partial charge in [-0.25, -0.2) is 9.97 Å². The molecule has 0 spiro atoms. The number of nitrogen functional groups attached to an aromatic ring is 2. The largest absolute Gasteiger partial charge is 0.492 e. The summed E-state index contributed by atoms with van der Waals surface area (Å²) in [4.78, 5) is 102. The number of aliphatic imine (C=N–C) groups is 1. The molecule has 22 N–H and O–H groups in total. The van der Waals surface area contributed by atoms with Crippen LogP contribution in [0.3, 0.4) is 0 Å². The summed E-state index contributed by atoms with van der Waals surface area (Å²) in [6.07, 6.45) is 22.7. The van der Waals surface area contributed by atoms with Crippen molar-refractivity contribution >= 4 is 70.2 Å². The van der Waals surface area contributed by atoms with E-state index in [1.807, 2.05) is 24.3 Å². The van der Waals surface area contributed by atoms with E-state index in [1.54, 1.807) is 0 Å². The summed E-state index contributed by atoms with van der Waals surface area (Å²) in [5.41, 5.74) is 55.1. The number of amides is 4. The van der Waals surface area contributed by atoms with Crippen molar-refractivity contribution in [2.75, 3.05) is 63.9 Å². The van der Waals surface area contributed by atoms with Gasteiger partial charge in [-0.3, -0.25) is 48.8 Å². The number of anilines is 2. The van der Waals surface area contributed by atoms with E-state index >= 15 is 0 Å². The first-order valence-electron chi connectivity index (χ1n) is 33.8. The summed E-state index contributed by atoms with van der Waals surface area (Å²) in [5, 5.41) is 11.1. The smallest absolute Gasteiger partial charge is 0.280 e. The van der Waals surface area contributed by atoms with Crippen LogP contribution in [0.15, 0.2) is 29.3 Å². The molecule has 26 heteroatoms. The number of benzene rings is 1. The first-order chi connectivity index (χ1) is 43.7. The van der Waals surface area contributed by atoms with Crippen LogP contribution in [0.2, 0.25) is 5.15 Å². The number of carbonyl (C=O) groups is 7. The number of Topliss-reactive ketones (excluding diaryl/α,β-unsaturated/α-hetero) is 3. The minimum atomic E-state index is -0.704. The molecule has 6 atom stereocenters. The summed E-state index contributed by atoms with van der Waals surface area (Å²) in [7, 11) is 0. The van der Waals surface area contributed by atoms with E-state index in [1.165, 1.54) is 0 Å². The van der Waals surface area contributed by atoms with Crippen LogP contribution in [0.25, 0.3) is 0 Å². The predicted octanol–water partition coefficient (Wildman–Crippen LogP) is 5.02. The van der Waals surface area contributed by atoms with Crippen LogP contribution < -0.4 is 77.6 Å². The van der Waals surface area contributed by atoms with Crippen molar-refractivity contribution in [1.29, 1.82) is 0 Å². The zero-order valence-corrected chi connectivity index (χ0v) is 55.7. The van der Waals surface area contributed by atoms with E-state index in [4.69, 9.17) is 67.9 Å². The van der Waals surface area contributed by atoms with E-state index in [2.05, 4.69) is 55.0 Å². The highest BCUT2D eigenvalue weighted by Gasteiger charge is 2.21. The van der Waals surface area contributed by atoms with Gasteiger partial charge in [0, 0.05) is 52.0 Å². The summed E-state index contributed by atoms with van der Waals surface area (Å²) >= 11 is 5.88.